The van der Waals surface area contributed by atoms with Crippen LogP contribution in [0.1, 0.15) is 6.92 Å². The molecule has 0 saturated heterocycles. The van der Waals surface area contributed by atoms with Crippen LogP contribution in [0.3, 0.4) is 0 Å². The number of rotatable bonds is 8. The molecule has 0 bridgehead atoms. The van der Waals surface area contributed by atoms with Gasteiger partial charge in [-0.2, -0.15) is 6.92 Å². The van der Waals surface area contributed by atoms with Crippen molar-refractivity contribution in [3.8, 4) is 11.5 Å². The van der Waals surface area contributed by atoms with E-state index in [2.05, 4.69) is 170 Å². The maximum atomic E-state index is 8.68. The molecule has 0 saturated carbocycles. The van der Waals surface area contributed by atoms with Gasteiger partial charge in [0.15, 0.2) is 11.5 Å². The van der Waals surface area contributed by atoms with E-state index in [9.17, 15) is 0 Å². The van der Waals surface area contributed by atoms with Gasteiger partial charge in [0, 0.05) is 0 Å². The molecule has 43 heavy (non-hydrogen) atoms. The zero-order valence-electron chi connectivity index (χ0n) is 23.8. The van der Waals surface area contributed by atoms with Gasteiger partial charge in [0.25, 0.3) is 0 Å². The second-order valence-corrected chi connectivity index (χ2v) is 14.4. The first-order valence-corrected chi connectivity index (χ1v) is 16.9. The fourth-order valence-electron chi connectivity index (χ4n) is 5.02. The summed E-state index contributed by atoms with van der Waals surface area (Å²) >= 11 is 0. The van der Waals surface area contributed by atoms with E-state index >= 15 is 0 Å². The Kier molecular flexibility index (Phi) is 12.6. The average Bonchev–Trinajstić information content (AvgIpc) is 3.05. The first-order chi connectivity index (χ1) is 20.8. The molecule has 0 amide bonds. The van der Waals surface area contributed by atoms with Crippen molar-refractivity contribution >= 4 is 54.0 Å². The van der Waals surface area contributed by atoms with Gasteiger partial charge in [0.2, 0.25) is 0 Å². The summed E-state index contributed by atoms with van der Waals surface area (Å²) in [6, 6.07) is 60.6. The molecule has 0 N–H and O–H groups in total. The number of carbonyl (C=O) groups excluding carboxylic acids is 1. The summed E-state index contributed by atoms with van der Waals surface area (Å²) in [5.41, 5.74) is 0. The van der Waals surface area contributed by atoms with E-state index in [0.717, 1.165) is 11.5 Å². The molecule has 0 aromatic heterocycles. The zero-order chi connectivity index (χ0) is 29.0. The minimum Gasteiger partial charge on any atom is -0.542 e. The molecule has 6 aromatic rings. The Morgan fingerprint density at radius 3 is 0.930 bits per heavy atom. The Labute approximate surface area is 271 Å². The van der Waals surface area contributed by atoms with Crippen molar-refractivity contribution in [1.82, 2.24) is 0 Å². The molecule has 2 nitrogen and oxygen atoms in total. The second kappa shape index (κ2) is 16.8. The van der Waals surface area contributed by atoms with Crippen molar-refractivity contribution in [2.75, 3.05) is 0 Å². The Bertz CT molecular complexity index is 1480. The molecule has 6 rings (SSSR count). The van der Waals surface area contributed by atoms with E-state index < -0.39 is 15.8 Å². The Hall–Kier alpha value is -3.69. The molecule has 5 heteroatoms. The van der Waals surface area contributed by atoms with Gasteiger partial charge >= 0.3 is 20.4 Å². The molecule has 0 heterocycles. The van der Waals surface area contributed by atoms with Crippen LogP contribution in [0.4, 0.5) is 0 Å². The fraction of sp³-hybridized carbons (Fsp3) is 0.0263. The summed E-state index contributed by atoms with van der Waals surface area (Å²) in [4.78, 5) is 8.68. The van der Waals surface area contributed by atoms with E-state index in [0.29, 0.717) is 0 Å². The predicted octanol–water partition coefficient (Wildman–Crippen LogP) is 6.57. The van der Waals surface area contributed by atoms with Crippen molar-refractivity contribution in [2.45, 2.75) is 6.92 Å². The van der Waals surface area contributed by atoms with Crippen molar-refractivity contribution < 1.29 is 30.0 Å². The predicted molar refractivity (Wildman–Crippen MR) is 185 cm³/mol. The van der Waals surface area contributed by atoms with Gasteiger partial charge < -0.3 is 9.53 Å². The molecular weight excluding hydrogens is 657 g/mol. The number of benzene rings is 6. The van der Waals surface area contributed by atoms with Crippen LogP contribution in [0.5, 0.6) is 11.5 Å². The topological polar surface area (TPSA) is 26.3 Å². The molecule has 0 aliphatic carbocycles. The first-order valence-electron chi connectivity index (χ1n) is 13.9. The monoisotopic (exact) mass is 689 g/mol. The van der Waals surface area contributed by atoms with Crippen LogP contribution in [0.2, 0.25) is 0 Å². The minimum atomic E-state index is -1.28. The Balaban J connectivity index is 0.00000102. The number of hydrogen-bond acceptors (Lipinski definition) is 2. The molecule has 214 valence electrons. The molecule has 0 aliphatic rings. The van der Waals surface area contributed by atoms with Crippen molar-refractivity contribution in [3.05, 3.63) is 170 Å². The normalized spacial score (nSPS) is 10.3. The summed E-state index contributed by atoms with van der Waals surface area (Å²) in [6.45, 7) is 1.32. The standard InChI is InChI=1S/C36H28OP2.C2H3O.Pd/c1-5-17-29(18-6-1)38(30-19-7-2-8-20-30)35-27-15-13-25-33(35)37-34-26-14-16-28-36(34)39(31-21-9-3-10-22-31)32-23-11-4-12-24-32;1-2-3;/h1-28H;1H3;/q;-1;+2/p+2. The van der Waals surface area contributed by atoms with E-state index in [-0.39, 0.29) is 20.4 Å². The maximum Gasteiger partial charge on any atom is 2.00 e. The van der Waals surface area contributed by atoms with Crippen molar-refractivity contribution in [2.24, 2.45) is 0 Å². The van der Waals surface area contributed by atoms with Crippen LogP contribution in [0.25, 0.3) is 0 Å². The minimum absolute atomic E-state index is 0. The van der Waals surface area contributed by atoms with E-state index in [4.69, 9.17) is 9.53 Å². The maximum absolute atomic E-state index is 8.68. The fourth-order valence-corrected chi connectivity index (χ4v) is 10.3. The summed E-state index contributed by atoms with van der Waals surface area (Å²) in [5.74, 6) is 1.85. The van der Waals surface area contributed by atoms with Crippen molar-refractivity contribution in [1.29, 1.82) is 0 Å². The van der Waals surface area contributed by atoms with E-state index in [1.165, 1.54) is 45.0 Å². The number of para-hydroxylation sites is 2. The van der Waals surface area contributed by atoms with Crippen LogP contribution < -0.4 is 36.6 Å². The van der Waals surface area contributed by atoms with Gasteiger partial charge in [-0.3, -0.25) is 6.29 Å². The number of ether oxygens (including phenoxy) is 1. The molecule has 0 unspecified atom stereocenters. The molecule has 6 aromatic carbocycles. The van der Waals surface area contributed by atoms with Crippen LogP contribution >= 0.6 is 15.8 Å². The van der Waals surface area contributed by atoms with Gasteiger partial charge in [-0.15, -0.1) is 0 Å². The third-order valence-corrected chi connectivity index (χ3v) is 12.3. The SMILES string of the molecule is C[C-]=O.[Pd+2].c1ccc([PH+](c2ccccc2)c2ccccc2Oc2ccccc2[PH+](c2ccccc2)c2ccccc2)cc1. The molecule has 0 atom stereocenters. The largest absolute Gasteiger partial charge is 2.00 e. The summed E-state index contributed by atoms with van der Waals surface area (Å²) < 4.78 is 6.94. The van der Waals surface area contributed by atoms with Gasteiger partial charge in [-0.1, -0.05) is 97.1 Å². The van der Waals surface area contributed by atoms with Crippen molar-refractivity contribution in [3.63, 3.8) is 0 Å². The van der Waals surface area contributed by atoms with Crippen LogP contribution in [-0.2, 0) is 25.2 Å². The first kappa shape index (κ1) is 32.2. The summed E-state index contributed by atoms with van der Waals surface area (Å²) in [6.07, 6.45) is 1.50. The summed E-state index contributed by atoms with van der Waals surface area (Å²) in [5, 5.41) is 7.88. The van der Waals surface area contributed by atoms with Crippen LogP contribution in [0.15, 0.2) is 170 Å². The smallest absolute Gasteiger partial charge is 0.542 e. The molecule has 0 spiro atoms. The third kappa shape index (κ3) is 8.24. The van der Waals surface area contributed by atoms with Gasteiger partial charge in [-0.05, 0) is 72.8 Å². The van der Waals surface area contributed by atoms with E-state index in [1.807, 2.05) is 0 Å². The molecule has 0 fully saturated rings. The van der Waals surface area contributed by atoms with E-state index in [1.54, 1.807) is 0 Å². The quantitative estimate of drug-likeness (QED) is 0.103. The molecule has 0 radical (unpaired) electrons. The molecule has 0 aliphatic heterocycles. The second-order valence-electron chi connectivity index (χ2n) is 9.51. The average molecular weight is 690 g/mol. The Morgan fingerprint density at radius 2 is 0.651 bits per heavy atom. The summed E-state index contributed by atoms with van der Waals surface area (Å²) in [7, 11) is -2.56. The van der Waals surface area contributed by atoms with Gasteiger partial charge in [0.05, 0.1) is 0 Å². The number of hydrogen-bond donors (Lipinski definition) is 0. The zero-order valence-corrected chi connectivity index (χ0v) is 27.4. The third-order valence-electron chi connectivity index (χ3n) is 6.78. The van der Waals surface area contributed by atoms with Crippen LogP contribution in [-0.4, -0.2) is 6.29 Å². The molecular formula is C38H33O2P2Pd+3. The van der Waals surface area contributed by atoms with Gasteiger partial charge in [0.1, 0.15) is 47.7 Å². The Morgan fingerprint density at radius 1 is 0.419 bits per heavy atom. The van der Waals surface area contributed by atoms with Gasteiger partial charge in [-0.25, -0.2) is 0 Å². The van der Waals surface area contributed by atoms with Crippen LogP contribution in [0, 0.1) is 0 Å².